The zero-order valence-corrected chi connectivity index (χ0v) is 19.3. The number of amides is 3. The van der Waals surface area contributed by atoms with Gasteiger partial charge in [-0.1, -0.05) is 30.3 Å². The number of piperazine rings is 1. The molecule has 0 unspecified atom stereocenters. The molecule has 0 aromatic heterocycles. The summed E-state index contributed by atoms with van der Waals surface area (Å²) >= 11 is 1.45. The monoisotopic (exact) mass is 452 g/mol. The molecule has 0 spiro atoms. The quantitative estimate of drug-likeness (QED) is 0.696. The van der Waals surface area contributed by atoms with Crippen LogP contribution in [0.1, 0.15) is 15.9 Å². The first kappa shape index (κ1) is 22.4. The van der Waals surface area contributed by atoms with E-state index in [0.29, 0.717) is 30.1 Å². The Morgan fingerprint density at radius 2 is 1.72 bits per heavy atom. The summed E-state index contributed by atoms with van der Waals surface area (Å²) in [6, 6.07) is 15.7. The van der Waals surface area contributed by atoms with Gasteiger partial charge in [-0.15, -0.1) is 11.8 Å². The first-order valence-corrected chi connectivity index (χ1v) is 11.7. The molecular formula is C24H28N4O3S. The topological polar surface area (TPSA) is 64.2 Å². The van der Waals surface area contributed by atoms with Crippen LogP contribution in [-0.4, -0.2) is 85.0 Å². The van der Waals surface area contributed by atoms with Crippen molar-refractivity contribution in [3.63, 3.8) is 0 Å². The normalized spacial score (nSPS) is 16.6. The van der Waals surface area contributed by atoms with Gasteiger partial charge in [-0.05, 0) is 23.8 Å². The van der Waals surface area contributed by atoms with Gasteiger partial charge in [0.2, 0.25) is 11.8 Å². The van der Waals surface area contributed by atoms with Gasteiger partial charge in [0, 0.05) is 57.3 Å². The molecule has 2 aromatic carbocycles. The summed E-state index contributed by atoms with van der Waals surface area (Å²) in [4.78, 5) is 46.2. The highest BCUT2D eigenvalue weighted by Gasteiger charge is 2.30. The van der Waals surface area contributed by atoms with Crippen molar-refractivity contribution in [2.75, 3.05) is 57.5 Å². The first-order valence-electron chi connectivity index (χ1n) is 10.8. The Labute approximate surface area is 193 Å². The van der Waals surface area contributed by atoms with Crippen molar-refractivity contribution in [1.82, 2.24) is 14.7 Å². The molecule has 1 saturated heterocycles. The highest BCUT2D eigenvalue weighted by atomic mass is 32.2. The van der Waals surface area contributed by atoms with Gasteiger partial charge < -0.3 is 14.7 Å². The molecule has 168 valence electrons. The van der Waals surface area contributed by atoms with Gasteiger partial charge in [-0.3, -0.25) is 19.3 Å². The molecular weight excluding hydrogens is 424 g/mol. The van der Waals surface area contributed by atoms with Gasteiger partial charge in [0.05, 0.1) is 11.4 Å². The summed E-state index contributed by atoms with van der Waals surface area (Å²) in [6.07, 6.45) is 0. The zero-order chi connectivity index (χ0) is 22.7. The van der Waals surface area contributed by atoms with Crippen molar-refractivity contribution in [3.05, 3.63) is 59.7 Å². The third-order valence-electron chi connectivity index (χ3n) is 5.82. The van der Waals surface area contributed by atoms with E-state index in [9.17, 15) is 14.4 Å². The lowest BCUT2D eigenvalue weighted by atomic mass is 10.1. The molecule has 2 aliphatic heterocycles. The number of hydrogen-bond donors (Lipinski definition) is 0. The summed E-state index contributed by atoms with van der Waals surface area (Å²) in [7, 11) is 3.39. The molecule has 0 bridgehead atoms. The average molecular weight is 453 g/mol. The van der Waals surface area contributed by atoms with Gasteiger partial charge in [-0.2, -0.15) is 0 Å². The third-order valence-corrected chi connectivity index (χ3v) is 6.87. The van der Waals surface area contributed by atoms with Crippen LogP contribution in [0.5, 0.6) is 0 Å². The van der Waals surface area contributed by atoms with E-state index < -0.39 is 0 Å². The lowest BCUT2D eigenvalue weighted by molar-refractivity contribution is -0.132. The van der Waals surface area contributed by atoms with Crippen molar-refractivity contribution in [2.24, 2.45) is 0 Å². The molecule has 2 heterocycles. The SMILES string of the molecule is CN(C)C(=O)c1ccc2c(c1)N(CC(=O)N1CCN(Cc3ccccc3)CC1)C(=O)CS2. The number of carbonyl (C=O) groups excluding carboxylic acids is 3. The van der Waals surface area contributed by atoms with Gasteiger partial charge >= 0.3 is 0 Å². The Bertz CT molecular complexity index is 1000. The predicted molar refractivity (Wildman–Crippen MR) is 126 cm³/mol. The Morgan fingerprint density at radius 1 is 1.00 bits per heavy atom. The van der Waals surface area contributed by atoms with E-state index in [0.717, 1.165) is 24.5 Å². The van der Waals surface area contributed by atoms with E-state index in [1.165, 1.54) is 27.1 Å². The van der Waals surface area contributed by atoms with Crippen LogP contribution < -0.4 is 4.90 Å². The summed E-state index contributed by atoms with van der Waals surface area (Å²) in [5.74, 6) is 0.0103. The average Bonchev–Trinajstić information content (AvgIpc) is 2.81. The van der Waals surface area contributed by atoms with E-state index in [1.54, 1.807) is 26.2 Å². The number of hydrogen-bond acceptors (Lipinski definition) is 5. The first-order chi connectivity index (χ1) is 15.4. The largest absolute Gasteiger partial charge is 0.345 e. The minimum absolute atomic E-state index is 0.00465. The maximum Gasteiger partial charge on any atom is 0.253 e. The molecule has 8 heteroatoms. The Hall–Kier alpha value is -2.84. The van der Waals surface area contributed by atoms with Crippen molar-refractivity contribution >= 4 is 35.2 Å². The van der Waals surface area contributed by atoms with E-state index in [4.69, 9.17) is 0 Å². The molecule has 0 saturated carbocycles. The molecule has 0 aliphatic carbocycles. The lowest BCUT2D eigenvalue weighted by Crippen LogP contribution is -2.52. The molecule has 0 atom stereocenters. The standard InChI is InChI=1S/C24H28N4O3S/c1-25(2)24(31)19-8-9-21-20(14-19)28(23(30)17-32-21)16-22(29)27-12-10-26(11-13-27)15-18-6-4-3-5-7-18/h3-9,14H,10-13,15-17H2,1-2H3. The van der Waals surface area contributed by atoms with E-state index in [2.05, 4.69) is 17.0 Å². The summed E-state index contributed by atoms with van der Waals surface area (Å²) in [5.41, 5.74) is 2.43. The van der Waals surface area contributed by atoms with Crippen LogP contribution in [0.15, 0.2) is 53.4 Å². The number of nitrogens with zero attached hydrogens (tertiary/aromatic N) is 4. The second kappa shape index (κ2) is 9.75. The Morgan fingerprint density at radius 3 is 2.41 bits per heavy atom. The number of thioether (sulfide) groups is 1. The van der Waals surface area contributed by atoms with Crippen molar-refractivity contribution in [3.8, 4) is 0 Å². The number of fused-ring (bicyclic) bond motifs is 1. The summed E-state index contributed by atoms with van der Waals surface area (Å²) < 4.78 is 0. The van der Waals surface area contributed by atoms with Crippen molar-refractivity contribution in [1.29, 1.82) is 0 Å². The van der Waals surface area contributed by atoms with Gasteiger partial charge in [0.25, 0.3) is 5.91 Å². The zero-order valence-electron chi connectivity index (χ0n) is 18.5. The number of rotatable bonds is 5. The molecule has 7 nitrogen and oxygen atoms in total. The fourth-order valence-corrected chi connectivity index (χ4v) is 4.92. The van der Waals surface area contributed by atoms with Crippen LogP contribution in [0, 0.1) is 0 Å². The van der Waals surface area contributed by atoms with Gasteiger partial charge in [0.1, 0.15) is 6.54 Å². The molecule has 4 rings (SSSR count). The van der Waals surface area contributed by atoms with Gasteiger partial charge in [-0.25, -0.2) is 0 Å². The smallest absolute Gasteiger partial charge is 0.253 e. The highest BCUT2D eigenvalue weighted by molar-refractivity contribution is 8.00. The number of benzene rings is 2. The predicted octanol–water partition coefficient (Wildman–Crippen LogP) is 2.17. The maximum atomic E-state index is 13.0. The second-order valence-corrected chi connectivity index (χ2v) is 9.31. The fourth-order valence-electron chi connectivity index (χ4n) is 4.00. The minimum Gasteiger partial charge on any atom is -0.345 e. The van der Waals surface area contributed by atoms with E-state index in [1.807, 2.05) is 29.2 Å². The molecule has 0 radical (unpaired) electrons. The van der Waals surface area contributed by atoms with Crippen LogP contribution in [0.25, 0.3) is 0 Å². The fraction of sp³-hybridized carbons (Fsp3) is 0.375. The number of anilines is 1. The highest BCUT2D eigenvalue weighted by Crippen LogP contribution is 2.36. The molecule has 2 aliphatic rings. The van der Waals surface area contributed by atoms with Crippen LogP contribution in [0.2, 0.25) is 0 Å². The van der Waals surface area contributed by atoms with Crippen LogP contribution >= 0.6 is 11.8 Å². The summed E-state index contributed by atoms with van der Waals surface area (Å²) in [5, 5.41) is 0. The van der Waals surface area contributed by atoms with E-state index >= 15 is 0 Å². The number of carbonyl (C=O) groups is 3. The Kier molecular flexibility index (Phi) is 6.81. The van der Waals surface area contributed by atoms with Crippen LogP contribution in [0.3, 0.4) is 0 Å². The summed E-state index contributed by atoms with van der Waals surface area (Å²) in [6.45, 7) is 3.79. The molecule has 32 heavy (non-hydrogen) atoms. The van der Waals surface area contributed by atoms with Crippen molar-refractivity contribution < 1.29 is 14.4 Å². The lowest BCUT2D eigenvalue weighted by Gasteiger charge is -2.36. The molecule has 1 fully saturated rings. The molecule has 3 amide bonds. The second-order valence-electron chi connectivity index (χ2n) is 8.29. The van der Waals surface area contributed by atoms with Crippen molar-refractivity contribution in [2.45, 2.75) is 11.4 Å². The Balaban J connectivity index is 1.41. The van der Waals surface area contributed by atoms with E-state index in [-0.39, 0.29) is 24.3 Å². The molecule has 0 N–H and O–H groups in total. The molecule has 2 aromatic rings. The van der Waals surface area contributed by atoms with Crippen LogP contribution in [-0.2, 0) is 16.1 Å². The minimum atomic E-state index is -0.128. The maximum absolute atomic E-state index is 13.0. The van der Waals surface area contributed by atoms with Gasteiger partial charge in [0.15, 0.2) is 0 Å². The van der Waals surface area contributed by atoms with Crippen LogP contribution in [0.4, 0.5) is 5.69 Å². The third kappa shape index (κ3) is 4.97.